The number of rotatable bonds is 8. The number of carbonyl (C=O) groups is 2. The summed E-state index contributed by atoms with van der Waals surface area (Å²) in [5.41, 5.74) is 1.02. The minimum absolute atomic E-state index is 0.0799. The molecule has 1 aromatic heterocycles. The van der Waals surface area contributed by atoms with Crippen LogP contribution >= 0.6 is 0 Å². The van der Waals surface area contributed by atoms with Crippen LogP contribution in [0.2, 0.25) is 0 Å². The van der Waals surface area contributed by atoms with Crippen LogP contribution in [-0.2, 0) is 14.8 Å². The summed E-state index contributed by atoms with van der Waals surface area (Å²) in [6.07, 6.45) is 1.47. The Hall–Kier alpha value is -4.54. The maximum atomic E-state index is 14.4. The molecular weight excluding hydrogens is 682 g/mol. The van der Waals surface area contributed by atoms with Gasteiger partial charge in [0.05, 0.1) is 30.4 Å². The summed E-state index contributed by atoms with van der Waals surface area (Å²) in [7, 11) is -2.43. The minimum atomic E-state index is -4.10. The van der Waals surface area contributed by atoms with Crippen molar-refractivity contribution in [3.8, 4) is 17.2 Å². The van der Waals surface area contributed by atoms with Crippen LogP contribution in [-0.4, -0.2) is 98.8 Å². The fraction of sp³-hybridized carbons (Fsp3) is 0.514. The second-order valence-electron chi connectivity index (χ2n) is 13.1. The molecule has 4 atom stereocenters. The number of amides is 3. The smallest absolute Gasteiger partial charge is 0.321 e. The van der Waals surface area contributed by atoms with E-state index >= 15 is 0 Å². The molecule has 0 saturated heterocycles. The summed E-state index contributed by atoms with van der Waals surface area (Å²) in [5.74, 6) is 0.826. The third kappa shape index (κ3) is 9.04. The van der Waals surface area contributed by atoms with Crippen LogP contribution in [0.25, 0.3) is 0 Å². The van der Waals surface area contributed by atoms with Gasteiger partial charge in [0.1, 0.15) is 11.4 Å². The molecule has 2 aliphatic heterocycles. The molecule has 0 spiro atoms. The van der Waals surface area contributed by atoms with Crippen LogP contribution in [0.4, 0.5) is 16.2 Å². The largest absolute Gasteiger partial charge is 0.490 e. The lowest BCUT2D eigenvalue weighted by Gasteiger charge is -2.35. The fourth-order valence-electron chi connectivity index (χ4n) is 6.06. The van der Waals surface area contributed by atoms with E-state index in [0.717, 1.165) is 12.8 Å². The normalized spacial score (nSPS) is 20.5. The molecule has 3 amide bonds. The van der Waals surface area contributed by atoms with E-state index in [2.05, 4.69) is 15.2 Å². The number of fused-ring (bicyclic) bond motifs is 2. The average molecular weight is 730 g/mol. The Kier molecular flexibility index (Phi) is 12.0. The van der Waals surface area contributed by atoms with Crippen molar-refractivity contribution in [1.82, 2.24) is 15.0 Å². The van der Waals surface area contributed by atoms with Gasteiger partial charge < -0.3 is 43.7 Å². The Morgan fingerprint density at radius 2 is 1.80 bits per heavy atom. The van der Waals surface area contributed by atoms with E-state index in [1.54, 1.807) is 38.2 Å². The van der Waals surface area contributed by atoms with E-state index in [4.69, 9.17) is 23.5 Å². The van der Waals surface area contributed by atoms with E-state index in [1.807, 2.05) is 13.8 Å². The molecule has 5 rings (SSSR count). The summed E-state index contributed by atoms with van der Waals surface area (Å²) >= 11 is 0. The molecule has 3 N–H and O–H groups in total. The molecule has 15 nitrogen and oxygen atoms in total. The highest BCUT2D eigenvalue weighted by atomic mass is 32.2. The second-order valence-corrected chi connectivity index (χ2v) is 14.8. The molecule has 0 bridgehead atoms. The number of benzene rings is 2. The molecule has 0 saturated carbocycles. The third-order valence-corrected chi connectivity index (χ3v) is 10.6. The summed E-state index contributed by atoms with van der Waals surface area (Å²) in [4.78, 5) is 30.7. The number of anilines is 2. The van der Waals surface area contributed by atoms with E-state index in [-0.39, 0.29) is 72.1 Å². The highest BCUT2D eigenvalue weighted by Crippen LogP contribution is 2.34. The van der Waals surface area contributed by atoms with Gasteiger partial charge in [-0.15, -0.1) is 0 Å². The number of aliphatic hydroxyl groups is 1. The van der Waals surface area contributed by atoms with Crippen molar-refractivity contribution < 1.29 is 46.6 Å². The number of aryl methyl sites for hydroxylation is 2. The van der Waals surface area contributed by atoms with Gasteiger partial charge in [-0.1, -0.05) is 12.1 Å². The van der Waals surface area contributed by atoms with E-state index in [0.29, 0.717) is 36.0 Å². The predicted molar refractivity (Wildman–Crippen MR) is 188 cm³/mol. The number of likely N-dealkylation sites (N-methyl/N-ethyl adjacent to an activating group) is 1. The molecule has 0 radical (unpaired) electrons. The number of carbonyl (C=O) groups excluding carboxylic acids is 2. The van der Waals surface area contributed by atoms with Crippen molar-refractivity contribution in [2.45, 2.75) is 77.0 Å². The lowest BCUT2D eigenvalue weighted by atomic mass is 10.0. The van der Waals surface area contributed by atoms with Gasteiger partial charge in [-0.25, -0.2) is 13.2 Å². The first-order valence-electron chi connectivity index (χ1n) is 17.0. The van der Waals surface area contributed by atoms with Crippen molar-refractivity contribution in [3.63, 3.8) is 0 Å². The second kappa shape index (κ2) is 16.2. The molecule has 2 aromatic carbocycles. The first-order valence-corrected chi connectivity index (χ1v) is 18.5. The van der Waals surface area contributed by atoms with Gasteiger partial charge in [0.2, 0.25) is 6.79 Å². The molecule has 2 aliphatic rings. The zero-order valence-corrected chi connectivity index (χ0v) is 30.6. The SMILES string of the molecule is Cc1noc(C)c1S(=O)(=O)Nc1ccc2c(c1)C(=O)N([C@H](C)CO)C[C@@H](C)[C@H](CN(C)C(=O)Nc1ccc3c(c1)OCO3)OCCCC[C@@H](C)O2. The van der Waals surface area contributed by atoms with Gasteiger partial charge in [0.15, 0.2) is 22.2 Å². The van der Waals surface area contributed by atoms with Gasteiger partial charge in [-0.3, -0.25) is 9.52 Å². The van der Waals surface area contributed by atoms with Crippen molar-refractivity contribution in [3.05, 3.63) is 53.4 Å². The van der Waals surface area contributed by atoms with Crippen molar-refractivity contribution in [2.24, 2.45) is 5.92 Å². The summed E-state index contributed by atoms with van der Waals surface area (Å²) in [5, 5.41) is 16.9. The standard InChI is InChI=1S/C35H47N5O10S/c1-21-17-40(22(2)19-41)34(42)28-15-27(38-51(44,45)33-24(4)37-50-25(33)5)11-12-29(28)49-23(3)9-7-8-14-46-32(21)18-39(6)35(43)36-26-10-13-30-31(16-26)48-20-47-30/h10-13,15-16,21-23,32,38,41H,7-9,14,17-20H2,1-6H3,(H,36,43)/t21-,22-,23-,32+/m1/s1. The van der Waals surface area contributed by atoms with Crippen molar-refractivity contribution in [1.29, 1.82) is 0 Å². The quantitative estimate of drug-likeness (QED) is 0.290. The third-order valence-electron chi connectivity index (χ3n) is 8.96. The van der Waals surface area contributed by atoms with Gasteiger partial charge in [-0.2, -0.15) is 0 Å². The Morgan fingerprint density at radius 3 is 2.53 bits per heavy atom. The molecule has 278 valence electrons. The molecule has 0 fully saturated rings. The lowest BCUT2D eigenvalue weighted by molar-refractivity contribution is -0.0115. The number of aliphatic hydroxyl groups excluding tert-OH is 1. The summed E-state index contributed by atoms with van der Waals surface area (Å²) in [6.45, 7) is 9.21. The number of aromatic nitrogens is 1. The van der Waals surface area contributed by atoms with Gasteiger partial charge in [0.25, 0.3) is 15.9 Å². The topological polar surface area (TPSA) is 182 Å². The molecule has 51 heavy (non-hydrogen) atoms. The predicted octanol–water partition coefficient (Wildman–Crippen LogP) is 4.78. The van der Waals surface area contributed by atoms with Gasteiger partial charge in [0, 0.05) is 50.1 Å². The average Bonchev–Trinajstić information content (AvgIpc) is 3.70. The van der Waals surface area contributed by atoms with Crippen LogP contribution in [0, 0.1) is 19.8 Å². The van der Waals surface area contributed by atoms with Crippen molar-refractivity contribution >= 4 is 33.3 Å². The molecule has 0 unspecified atom stereocenters. The monoisotopic (exact) mass is 729 g/mol. The van der Waals surface area contributed by atoms with Gasteiger partial charge >= 0.3 is 6.03 Å². The Morgan fingerprint density at radius 1 is 1.08 bits per heavy atom. The van der Waals surface area contributed by atoms with E-state index < -0.39 is 28.1 Å². The molecule has 3 heterocycles. The zero-order valence-electron chi connectivity index (χ0n) is 29.8. The lowest BCUT2D eigenvalue weighted by Crippen LogP contribution is -2.48. The van der Waals surface area contributed by atoms with E-state index in [9.17, 15) is 23.1 Å². The first-order chi connectivity index (χ1) is 24.3. The fourth-order valence-corrected chi connectivity index (χ4v) is 7.44. The number of ether oxygens (including phenoxy) is 4. The Bertz CT molecular complexity index is 1800. The maximum absolute atomic E-state index is 14.4. The molecule has 0 aliphatic carbocycles. The van der Waals surface area contributed by atoms with Crippen LogP contribution in [0.1, 0.15) is 61.8 Å². The van der Waals surface area contributed by atoms with Crippen LogP contribution in [0.15, 0.2) is 45.8 Å². The molecule has 16 heteroatoms. The summed E-state index contributed by atoms with van der Waals surface area (Å²) < 4.78 is 57.7. The Balaban J connectivity index is 1.40. The first kappa shape index (κ1) is 37.7. The number of nitrogens with one attached hydrogen (secondary N) is 2. The minimum Gasteiger partial charge on any atom is -0.490 e. The number of nitrogens with zero attached hydrogens (tertiary/aromatic N) is 3. The van der Waals surface area contributed by atoms with Gasteiger partial charge in [-0.05, 0) is 77.3 Å². The Labute approximate surface area is 298 Å². The zero-order chi connectivity index (χ0) is 36.9. The van der Waals surface area contributed by atoms with E-state index in [1.165, 1.54) is 35.8 Å². The highest BCUT2D eigenvalue weighted by molar-refractivity contribution is 7.92. The van der Waals surface area contributed by atoms with Crippen LogP contribution < -0.4 is 24.2 Å². The van der Waals surface area contributed by atoms with Crippen molar-refractivity contribution in [2.75, 3.05) is 50.2 Å². The molecular formula is C35H47N5O10S. The number of urea groups is 1. The van der Waals surface area contributed by atoms with Crippen LogP contribution in [0.3, 0.4) is 0 Å². The number of hydrogen-bond donors (Lipinski definition) is 3. The number of hydrogen-bond acceptors (Lipinski definition) is 11. The number of sulfonamides is 1. The van der Waals surface area contributed by atoms with Crippen LogP contribution in [0.5, 0.6) is 17.2 Å². The maximum Gasteiger partial charge on any atom is 0.321 e. The molecule has 3 aromatic rings. The highest BCUT2D eigenvalue weighted by Gasteiger charge is 2.32. The summed E-state index contributed by atoms with van der Waals surface area (Å²) in [6, 6.07) is 8.74.